The Bertz CT molecular complexity index is 1060. The predicted octanol–water partition coefficient (Wildman–Crippen LogP) is 2.97. The lowest BCUT2D eigenvalue weighted by molar-refractivity contribution is -0.134. The van der Waals surface area contributed by atoms with E-state index in [2.05, 4.69) is 6.07 Å². The minimum Gasteiger partial charge on any atom is -0.484 e. The summed E-state index contributed by atoms with van der Waals surface area (Å²) in [4.78, 5) is 13.9. The van der Waals surface area contributed by atoms with Crippen LogP contribution >= 0.6 is 23.2 Å². The van der Waals surface area contributed by atoms with Crippen LogP contribution in [0.2, 0.25) is 10.0 Å². The van der Waals surface area contributed by atoms with Gasteiger partial charge in [0, 0.05) is 26.2 Å². The minimum atomic E-state index is -3.80. The largest absolute Gasteiger partial charge is 0.484 e. The Kier molecular flexibility index (Phi) is 7.21. The zero-order chi connectivity index (χ0) is 21.7. The first kappa shape index (κ1) is 22.4. The zero-order valence-electron chi connectivity index (χ0n) is 15.9. The van der Waals surface area contributed by atoms with Crippen LogP contribution in [0.5, 0.6) is 5.75 Å². The van der Waals surface area contributed by atoms with Gasteiger partial charge in [-0.1, -0.05) is 41.4 Å². The Morgan fingerprint density at radius 3 is 2.37 bits per heavy atom. The maximum Gasteiger partial charge on any atom is 0.260 e. The van der Waals surface area contributed by atoms with Crippen LogP contribution in [0, 0.1) is 11.3 Å². The van der Waals surface area contributed by atoms with Gasteiger partial charge >= 0.3 is 0 Å². The van der Waals surface area contributed by atoms with Gasteiger partial charge < -0.3 is 9.64 Å². The fraction of sp³-hybridized carbons (Fsp3) is 0.300. The van der Waals surface area contributed by atoms with E-state index in [0.717, 1.165) is 5.56 Å². The van der Waals surface area contributed by atoms with Crippen LogP contribution in [0.1, 0.15) is 5.56 Å². The molecule has 0 spiro atoms. The van der Waals surface area contributed by atoms with E-state index in [4.69, 9.17) is 33.2 Å². The van der Waals surface area contributed by atoms with Gasteiger partial charge in [0.1, 0.15) is 10.6 Å². The normalized spacial score (nSPS) is 14.9. The molecule has 30 heavy (non-hydrogen) atoms. The van der Waals surface area contributed by atoms with Gasteiger partial charge in [0.05, 0.1) is 22.5 Å². The molecule has 1 aliphatic rings. The van der Waals surface area contributed by atoms with Gasteiger partial charge in [-0.15, -0.1) is 0 Å². The molecule has 1 heterocycles. The molecule has 0 aromatic heterocycles. The van der Waals surface area contributed by atoms with Crippen molar-refractivity contribution < 1.29 is 17.9 Å². The monoisotopic (exact) mass is 467 g/mol. The van der Waals surface area contributed by atoms with Crippen molar-refractivity contribution in [2.75, 3.05) is 32.8 Å². The van der Waals surface area contributed by atoms with Crippen molar-refractivity contribution in [3.8, 4) is 11.8 Å². The molecule has 1 fully saturated rings. The van der Waals surface area contributed by atoms with E-state index in [1.807, 2.05) is 0 Å². The molecule has 0 atom stereocenters. The van der Waals surface area contributed by atoms with Crippen LogP contribution < -0.4 is 4.74 Å². The van der Waals surface area contributed by atoms with E-state index < -0.39 is 10.0 Å². The van der Waals surface area contributed by atoms with Gasteiger partial charge in [0.15, 0.2) is 6.61 Å². The van der Waals surface area contributed by atoms with E-state index in [1.54, 1.807) is 29.2 Å². The topological polar surface area (TPSA) is 90.7 Å². The minimum absolute atomic E-state index is 0.00754. The second-order valence-corrected chi connectivity index (χ2v) is 9.30. The summed E-state index contributed by atoms with van der Waals surface area (Å²) >= 11 is 12.0. The van der Waals surface area contributed by atoms with Crippen molar-refractivity contribution in [2.45, 2.75) is 11.3 Å². The number of carbonyl (C=O) groups is 1. The lowest BCUT2D eigenvalue weighted by Crippen LogP contribution is -2.51. The van der Waals surface area contributed by atoms with E-state index in [9.17, 15) is 13.2 Å². The Hall–Kier alpha value is -2.31. The summed E-state index contributed by atoms with van der Waals surface area (Å²) in [5.74, 6) is 0.302. The summed E-state index contributed by atoms with van der Waals surface area (Å²) in [6.07, 6.45) is 0.312. The Morgan fingerprint density at radius 1 is 1.07 bits per heavy atom. The maximum absolute atomic E-state index is 12.9. The van der Waals surface area contributed by atoms with Gasteiger partial charge in [-0.2, -0.15) is 9.57 Å². The van der Waals surface area contributed by atoms with Crippen LogP contribution in [-0.4, -0.2) is 56.3 Å². The molecule has 10 heteroatoms. The highest BCUT2D eigenvalue weighted by atomic mass is 35.5. The number of hydrogen-bond donors (Lipinski definition) is 0. The quantitative estimate of drug-likeness (QED) is 0.650. The van der Waals surface area contributed by atoms with Crippen molar-refractivity contribution in [2.24, 2.45) is 0 Å². The van der Waals surface area contributed by atoms with Gasteiger partial charge in [0.2, 0.25) is 10.0 Å². The molecule has 1 aliphatic heterocycles. The third kappa shape index (κ3) is 5.05. The van der Waals surface area contributed by atoms with Crippen molar-refractivity contribution in [1.82, 2.24) is 9.21 Å². The third-order valence-corrected chi connectivity index (χ3v) is 7.57. The average molecular weight is 468 g/mol. The van der Waals surface area contributed by atoms with Gasteiger partial charge in [-0.3, -0.25) is 4.79 Å². The second-order valence-electron chi connectivity index (χ2n) is 6.60. The van der Waals surface area contributed by atoms with Crippen molar-refractivity contribution in [3.05, 3.63) is 58.1 Å². The fourth-order valence-electron chi connectivity index (χ4n) is 3.03. The molecule has 2 aromatic carbocycles. The van der Waals surface area contributed by atoms with E-state index in [0.29, 0.717) is 12.2 Å². The summed E-state index contributed by atoms with van der Waals surface area (Å²) in [5.41, 5.74) is 0.869. The Labute approximate surface area is 185 Å². The average Bonchev–Trinajstić information content (AvgIpc) is 2.75. The Balaban J connectivity index is 1.55. The van der Waals surface area contributed by atoms with Gasteiger partial charge in [-0.05, 0) is 29.8 Å². The van der Waals surface area contributed by atoms with Gasteiger partial charge in [-0.25, -0.2) is 8.42 Å². The summed E-state index contributed by atoms with van der Waals surface area (Å²) < 4.78 is 32.5. The number of sulfonamides is 1. The van der Waals surface area contributed by atoms with Crippen LogP contribution in [-0.2, 0) is 21.2 Å². The molecule has 1 saturated heterocycles. The van der Waals surface area contributed by atoms with Crippen LogP contribution in [0.4, 0.5) is 0 Å². The molecule has 2 aromatic rings. The van der Waals surface area contributed by atoms with E-state index in [-0.39, 0.29) is 53.6 Å². The highest BCUT2D eigenvalue weighted by Crippen LogP contribution is 2.31. The molecule has 7 nitrogen and oxygen atoms in total. The number of piperazine rings is 1. The molecule has 158 valence electrons. The number of amides is 1. The number of halogens is 2. The molecule has 0 aliphatic carbocycles. The zero-order valence-corrected chi connectivity index (χ0v) is 18.3. The van der Waals surface area contributed by atoms with Crippen LogP contribution in [0.25, 0.3) is 0 Å². The van der Waals surface area contributed by atoms with Crippen molar-refractivity contribution >= 4 is 39.1 Å². The van der Waals surface area contributed by atoms with Crippen molar-refractivity contribution in [1.29, 1.82) is 5.26 Å². The van der Waals surface area contributed by atoms with Crippen LogP contribution in [0.15, 0.2) is 47.4 Å². The SMILES string of the molecule is N#CCc1ccc(OCC(=O)N2CCN(S(=O)(=O)c3cccc(Cl)c3Cl)CC2)cc1. The molecule has 3 rings (SSSR count). The fourth-order valence-corrected chi connectivity index (χ4v) is 5.19. The third-order valence-electron chi connectivity index (χ3n) is 4.69. The highest BCUT2D eigenvalue weighted by molar-refractivity contribution is 7.89. The molecule has 1 amide bonds. The number of benzene rings is 2. The Morgan fingerprint density at radius 2 is 1.73 bits per heavy atom. The molecule has 0 N–H and O–H groups in total. The predicted molar refractivity (Wildman–Crippen MR) is 113 cm³/mol. The first-order valence-electron chi connectivity index (χ1n) is 9.13. The first-order chi connectivity index (χ1) is 14.3. The van der Waals surface area contributed by atoms with Crippen LogP contribution in [0.3, 0.4) is 0 Å². The van der Waals surface area contributed by atoms with Crippen molar-refractivity contribution in [3.63, 3.8) is 0 Å². The molecule has 0 unspecified atom stereocenters. The molecule has 0 radical (unpaired) electrons. The number of hydrogen-bond acceptors (Lipinski definition) is 5. The summed E-state index contributed by atoms with van der Waals surface area (Å²) in [6, 6.07) is 13.5. The molecule has 0 bridgehead atoms. The first-order valence-corrected chi connectivity index (χ1v) is 11.3. The maximum atomic E-state index is 12.9. The molecule has 0 saturated carbocycles. The lowest BCUT2D eigenvalue weighted by Gasteiger charge is -2.34. The number of nitrogens with zero attached hydrogens (tertiary/aromatic N) is 3. The number of rotatable bonds is 6. The van der Waals surface area contributed by atoms with Gasteiger partial charge in [0.25, 0.3) is 5.91 Å². The summed E-state index contributed by atoms with van der Waals surface area (Å²) in [6.45, 7) is 0.658. The van der Waals surface area contributed by atoms with E-state index >= 15 is 0 Å². The second kappa shape index (κ2) is 9.67. The number of carbonyl (C=O) groups excluding carboxylic acids is 1. The summed E-state index contributed by atoms with van der Waals surface area (Å²) in [5, 5.41) is 8.85. The number of nitriles is 1. The standard InChI is InChI=1S/C20H19Cl2N3O4S/c21-17-2-1-3-18(20(17)22)30(27,28)25-12-10-24(11-13-25)19(26)14-29-16-6-4-15(5-7-16)8-9-23/h1-7H,8,10-14H2. The molecular weight excluding hydrogens is 449 g/mol. The highest BCUT2D eigenvalue weighted by Gasteiger charge is 2.32. The summed E-state index contributed by atoms with van der Waals surface area (Å²) in [7, 11) is -3.80. The molecular formula is C20H19Cl2N3O4S. The smallest absolute Gasteiger partial charge is 0.260 e. The number of ether oxygens (including phenoxy) is 1. The van der Waals surface area contributed by atoms with E-state index in [1.165, 1.54) is 22.5 Å². The lowest BCUT2D eigenvalue weighted by atomic mass is 10.2.